The lowest BCUT2D eigenvalue weighted by Gasteiger charge is -2.17. The van der Waals surface area contributed by atoms with Crippen molar-refractivity contribution in [1.82, 2.24) is 9.97 Å². The van der Waals surface area contributed by atoms with Crippen molar-refractivity contribution >= 4 is 34.3 Å². The molecule has 0 aliphatic heterocycles. The number of benzene rings is 2. The minimum Gasteiger partial charge on any atom is -0.394 e. The van der Waals surface area contributed by atoms with E-state index in [1.54, 1.807) is 0 Å². The molecule has 0 saturated heterocycles. The molecule has 0 amide bonds. The maximum atomic E-state index is 14.5. The van der Waals surface area contributed by atoms with Gasteiger partial charge in [0.2, 0.25) is 0 Å². The summed E-state index contributed by atoms with van der Waals surface area (Å²) in [6, 6.07) is 4.34. The number of nitrogens with one attached hydrogen (secondary N) is 2. The molecule has 0 aliphatic carbocycles. The first-order valence-corrected chi connectivity index (χ1v) is 9.42. The number of aliphatic hydroxyl groups excluding tert-OH is 1. The van der Waals surface area contributed by atoms with Crippen LogP contribution in [0.15, 0.2) is 38.8 Å². The number of ether oxygens (including phenoxy) is 1. The second kappa shape index (κ2) is 8.44. The van der Waals surface area contributed by atoms with Gasteiger partial charge in [-0.15, -0.1) is 11.8 Å². The first-order valence-electron chi connectivity index (χ1n) is 8.06. The highest BCUT2D eigenvalue weighted by Gasteiger charge is 2.21. The quantitative estimate of drug-likeness (QED) is 0.525. The van der Waals surface area contributed by atoms with Crippen LogP contribution in [0.25, 0.3) is 22.0 Å². The van der Waals surface area contributed by atoms with Crippen LogP contribution in [0.4, 0.5) is 8.78 Å². The molecule has 0 spiro atoms. The summed E-state index contributed by atoms with van der Waals surface area (Å²) in [6.45, 7) is -0.265. The third-order valence-electron chi connectivity index (χ3n) is 4.09. The predicted octanol–water partition coefficient (Wildman–Crippen LogP) is 2.91. The fourth-order valence-electron chi connectivity index (χ4n) is 2.70. The third kappa shape index (κ3) is 3.97. The van der Waals surface area contributed by atoms with E-state index in [-0.39, 0.29) is 39.4 Å². The summed E-state index contributed by atoms with van der Waals surface area (Å²) in [5, 5.41) is 9.50. The normalized spacial score (nSPS) is 12.5. The molecule has 0 saturated carbocycles. The molecular formula is C18H15ClF2N2O4S. The lowest BCUT2D eigenvalue weighted by Crippen LogP contribution is -2.23. The molecule has 0 fully saturated rings. The van der Waals surface area contributed by atoms with Gasteiger partial charge >= 0.3 is 5.69 Å². The van der Waals surface area contributed by atoms with Gasteiger partial charge in [0.05, 0.1) is 28.6 Å². The van der Waals surface area contributed by atoms with Crippen LogP contribution in [0.2, 0.25) is 5.02 Å². The first-order chi connectivity index (χ1) is 13.3. The summed E-state index contributed by atoms with van der Waals surface area (Å²) in [5.41, 5.74) is -1.02. The highest BCUT2D eigenvalue weighted by Crippen LogP contribution is 2.42. The summed E-state index contributed by atoms with van der Waals surface area (Å²) >= 11 is 7.47. The van der Waals surface area contributed by atoms with Crippen LogP contribution in [0.5, 0.6) is 0 Å². The Balaban J connectivity index is 2.32. The van der Waals surface area contributed by atoms with Gasteiger partial charge in [-0.2, -0.15) is 0 Å². The number of halogens is 3. The molecule has 3 N–H and O–H groups in total. The number of aliphatic hydroxyl groups is 1. The number of hydrogen-bond acceptors (Lipinski definition) is 5. The molecule has 0 bridgehead atoms. The van der Waals surface area contributed by atoms with Crippen molar-refractivity contribution < 1.29 is 18.6 Å². The van der Waals surface area contributed by atoms with Gasteiger partial charge in [0.25, 0.3) is 5.56 Å². The Labute approximate surface area is 166 Å². The van der Waals surface area contributed by atoms with Crippen molar-refractivity contribution in [2.75, 3.05) is 19.5 Å². The minimum atomic E-state index is -0.847. The van der Waals surface area contributed by atoms with Crippen LogP contribution in [-0.4, -0.2) is 40.6 Å². The molecule has 0 unspecified atom stereocenters. The molecule has 1 atom stereocenters. The molecule has 1 aromatic heterocycles. The standard InChI is InChI=1S/C18H15ClF2N2O4S/c1-27-9(6-24)7-28-16-14(10-3-2-8(20)4-13(10)21)12(19)5-11-15(16)22-18(26)23-17(11)25/h2-5,9,24H,6-7H2,1H3,(H2,22,23,25,26)/t9-/m0/s1. The molecule has 0 radical (unpaired) electrons. The van der Waals surface area contributed by atoms with Gasteiger partial charge in [-0.3, -0.25) is 9.78 Å². The van der Waals surface area contributed by atoms with E-state index in [9.17, 15) is 23.5 Å². The van der Waals surface area contributed by atoms with Gasteiger partial charge < -0.3 is 14.8 Å². The smallest absolute Gasteiger partial charge is 0.326 e. The average Bonchev–Trinajstić information content (AvgIpc) is 2.64. The maximum Gasteiger partial charge on any atom is 0.326 e. The Morgan fingerprint density at radius 2 is 2.00 bits per heavy atom. The van der Waals surface area contributed by atoms with E-state index >= 15 is 0 Å². The van der Waals surface area contributed by atoms with Gasteiger partial charge in [-0.25, -0.2) is 13.6 Å². The number of aromatic nitrogens is 2. The molecule has 10 heteroatoms. The largest absolute Gasteiger partial charge is 0.394 e. The predicted molar refractivity (Wildman–Crippen MR) is 104 cm³/mol. The van der Waals surface area contributed by atoms with Crippen LogP contribution in [0.1, 0.15) is 0 Å². The molecule has 3 rings (SSSR count). The monoisotopic (exact) mass is 428 g/mol. The fraction of sp³-hybridized carbons (Fsp3) is 0.222. The lowest BCUT2D eigenvalue weighted by atomic mass is 10.0. The summed E-state index contributed by atoms with van der Waals surface area (Å²) in [4.78, 5) is 29.0. The van der Waals surface area contributed by atoms with Gasteiger partial charge in [0, 0.05) is 35.0 Å². The molecule has 148 valence electrons. The molecule has 0 aliphatic rings. The lowest BCUT2D eigenvalue weighted by molar-refractivity contribution is 0.0656. The van der Waals surface area contributed by atoms with Crippen LogP contribution in [0.3, 0.4) is 0 Å². The summed E-state index contributed by atoms with van der Waals surface area (Å²) in [5.74, 6) is -1.37. The zero-order chi connectivity index (χ0) is 20.4. The van der Waals surface area contributed by atoms with Crippen molar-refractivity contribution in [2.45, 2.75) is 11.0 Å². The molecular weight excluding hydrogens is 414 g/mol. The Hall–Kier alpha value is -2.20. The Morgan fingerprint density at radius 1 is 1.25 bits per heavy atom. The van der Waals surface area contributed by atoms with Gasteiger partial charge in [0.1, 0.15) is 11.6 Å². The summed E-state index contributed by atoms with van der Waals surface area (Å²) < 4.78 is 33.0. The highest BCUT2D eigenvalue weighted by molar-refractivity contribution is 7.99. The van der Waals surface area contributed by atoms with E-state index in [2.05, 4.69) is 9.97 Å². The summed E-state index contributed by atoms with van der Waals surface area (Å²) in [6.07, 6.45) is -0.543. The van der Waals surface area contributed by atoms with E-state index in [0.717, 1.165) is 23.9 Å². The van der Waals surface area contributed by atoms with Crippen molar-refractivity contribution in [3.05, 3.63) is 61.8 Å². The Kier molecular flexibility index (Phi) is 6.19. The highest BCUT2D eigenvalue weighted by atomic mass is 35.5. The average molecular weight is 429 g/mol. The molecule has 28 heavy (non-hydrogen) atoms. The van der Waals surface area contributed by atoms with Gasteiger partial charge in [-0.1, -0.05) is 11.6 Å². The van der Waals surface area contributed by atoms with Crippen molar-refractivity contribution in [2.24, 2.45) is 0 Å². The van der Waals surface area contributed by atoms with Crippen molar-refractivity contribution in [1.29, 1.82) is 0 Å². The van der Waals surface area contributed by atoms with E-state index in [4.69, 9.17) is 16.3 Å². The maximum absolute atomic E-state index is 14.5. The summed E-state index contributed by atoms with van der Waals surface area (Å²) in [7, 11) is 1.42. The number of fused-ring (bicyclic) bond motifs is 1. The van der Waals surface area contributed by atoms with Crippen molar-refractivity contribution in [3.8, 4) is 11.1 Å². The molecule has 6 nitrogen and oxygen atoms in total. The van der Waals surface area contributed by atoms with Crippen molar-refractivity contribution in [3.63, 3.8) is 0 Å². The SMILES string of the molecule is CO[C@@H](CO)CSc1c(-c2ccc(F)cc2F)c(Cl)cc2c(=O)[nH]c(=O)[nH]c12. The number of rotatable bonds is 6. The van der Waals surface area contributed by atoms with E-state index in [0.29, 0.717) is 4.90 Å². The van der Waals surface area contributed by atoms with Crippen LogP contribution >= 0.6 is 23.4 Å². The molecule has 1 heterocycles. The van der Waals surface area contributed by atoms with Crippen LogP contribution < -0.4 is 11.2 Å². The number of hydrogen-bond donors (Lipinski definition) is 3. The Bertz CT molecular complexity index is 1140. The van der Waals surface area contributed by atoms with E-state index < -0.39 is 29.0 Å². The zero-order valence-electron chi connectivity index (χ0n) is 14.5. The zero-order valence-corrected chi connectivity index (χ0v) is 16.1. The minimum absolute atomic E-state index is 0.00916. The molecule has 2 aromatic carbocycles. The molecule has 3 aromatic rings. The Morgan fingerprint density at radius 3 is 2.64 bits per heavy atom. The van der Waals surface area contributed by atoms with Gasteiger partial charge in [0.15, 0.2) is 0 Å². The number of methoxy groups -OCH3 is 1. The number of aromatic amines is 2. The second-order valence-electron chi connectivity index (χ2n) is 5.87. The first kappa shape index (κ1) is 20.5. The topological polar surface area (TPSA) is 95.2 Å². The fourth-order valence-corrected chi connectivity index (χ4v) is 4.33. The second-order valence-corrected chi connectivity index (χ2v) is 7.31. The van der Waals surface area contributed by atoms with E-state index in [1.807, 2.05) is 0 Å². The number of H-pyrrole nitrogens is 2. The van der Waals surface area contributed by atoms with Crippen LogP contribution in [-0.2, 0) is 4.74 Å². The third-order valence-corrected chi connectivity index (χ3v) is 5.63. The van der Waals surface area contributed by atoms with E-state index in [1.165, 1.54) is 19.2 Å². The number of thioether (sulfide) groups is 1. The van der Waals surface area contributed by atoms with Gasteiger partial charge in [-0.05, 0) is 18.2 Å². The van der Waals surface area contributed by atoms with Crippen LogP contribution in [0, 0.1) is 11.6 Å².